The molecule has 4 rings (SSSR count). The molecule has 2 aromatic rings. The van der Waals surface area contributed by atoms with E-state index in [4.69, 9.17) is 5.73 Å². The van der Waals surface area contributed by atoms with Gasteiger partial charge in [0.25, 0.3) is 0 Å². The van der Waals surface area contributed by atoms with Gasteiger partial charge in [-0.25, -0.2) is 0 Å². The Hall–Kier alpha value is -2.66. The highest BCUT2D eigenvalue weighted by atomic mass is 16.2. The van der Waals surface area contributed by atoms with E-state index in [0.29, 0.717) is 24.8 Å². The summed E-state index contributed by atoms with van der Waals surface area (Å²) in [5.41, 5.74) is 10.1. The predicted molar refractivity (Wildman–Crippen MR) is 113 cm³/mol. The van der Waals surface area contributed by atoms with E-state index in [1.165, 1.54) is 16.7 Å². The fraction of sp³-hybridized carbons (Fsp3) is 0.417. The number of carbonyl (C=O) groups is 2. The van der Waals surface area contributed by atoms with E-state index >= 15 is 0 Å². The molecule has 0 bridgehead atoms. The molecule has 2 amide bonds. The maximum absolute atomic E-state index is 13.3. The summed E-state index contributed by atoms with van der Waals surface area (Å²) in [6.07, 6.45) is 0.425. The Labute approximate surface area is 172 Å². The Balaban J connectivity index is 1.60. The largest absolute Gasteiger partial charge is 0.369 e. The Bertz CT molecular complexity index is 926. The normalized spacial score (nSPS) is 23.9. The van der Waals surface area contributed by atoms with Crippen LogP contribution < -0.4 is 5.73 Å². The van der Waals surface area contributed by atoms with Gasteiger partial charge in [0.2, 0.25) is 11.8 Å². The van der Waals surface area contributed by atoms with Crippen LogP contribution in [0, 0.1) is 25.7 Å². The topological polar surface area (TPSA) is 66.6 Å². The van der Waals surface area contributed by atoms with Crippen LogP contribution in [0.1, 0.15) is 28.3 Å². The first kappa shape index (κ1) is 19.6. The third-order valence-corrected chi connectivity index (χ3v) is 6.38. The van der Waals surface area contributed by atoms with Gasteiger partial charge in [-0.1, -0.05) is 54.1 Å². The van der Waals surface area contributed by atoms with Crippen molar-refractivity contribution in [3.63, 3.8) is 0 Å². The molecule has 2 saturated heterocycles. The lowest BCUT2D eigenvalue weighted by Crippen LogP contribution is -2.38. The first-order valence-electron chi connectivity index (χ1n) is 10.3. The fourth-order valence-corrected chi connectivity index (χ4v) is 5.16. The van der Waals surface area contributed by atoms with Crippen LogP contribution in [-0.4, -0.2) is 47.8 Å². The minimum Gasteiger partial charge on any atom is -0.369 e. The van der Waals surface area contributed by atoms with Crippen molar-refractivity contribution in [2.75, 3.05) is 26.2 Å². The number of primary amides is 1. The monoisotopic (exact) mass is 391 g/mol. The van der Waals surface area contributed by atoms with Crippen molar-refractivity contribution < 1.29 is 9.59 Å². The molecule has 29 heavy (non-hydrogen) atoms. The highest BCUT2D eigenvalue weighted by Gasteiger charge is 2.49. The first-order valence-corrected chi connectivity index (χ1v) is 10.3. The second kappa shape index (κ2) is 7.99. The quantitative estimate of drug-likeness (QED) is 0.851. The Morgan fingerprint density at radius 1 is 1.03 bits per heavy atom. The number of benzene rings is 2. The van der Waals surface area contributed by atoms with Gasteiger partial charge in [0.1, 0.15) is 0 Å². The average molecular weight is 392 g/mol. The zero-order chi connectivity index (χ0) is 20.5. The number of fused-ring (bicyclic) bond motifs is 1. The summed E-state index contributed by atoms with van der Waals surface area (Å²) in [7, 11) is 0. The molecule has 0 aliphatic carbocycles. The van der Waals surface area contributed by atoms with Gasteiger partial charge in [-0.3, -0.25) is 14.5 Å². The Morgan fingerprint density at radius 2 is 1.83 bits per heavy atom. The smallest absolute Gasteiger partial charge is 0.231 e. The van der Waals surface area contributed by atoms with E-state index in [1.807, 2.05) is 18.2 Å². The fourth-order valence-electron chi connectivity index (χ4n) is 5.16. The minimum atomic E-state index is -0.287. The maximum atomic E-state index is 13.3. The maximum Gasteiger partial charge on any atom is 0.231 e. The third kappa shape index (κ3) is 4.06. The van der Waals surface area contributed by atoms with E-state index < -0.39 is 0 Å². The molecule has 2 heterocycles. The van der Waals surface area contributed by atoms with Gasteiger partial charge < -0.3 is 10.6 Å². The number of nitrogens with zero attached hydrogens (tertiary/aromatic N) is 2. The van der Waals surface area contributed by atoms with E-state index in [0.717, 1.165) is 25.2 Å². The molecule has 0 saturated carbocycles. The molecule has 152 valence electrons. The molecule has 5 heteroatoms. The number of likely N-dealkylation sites (tertiary alicyclic amines) is 2. The van der Waals surface area contributed by atoms with E-state index in [9.17, 15) is 9.59 Å². The summed E-state index contributed by atoms with van der Waals surface area (Å²) in [5, 5.41) is 0. The van der Waals surface area contributed by atoms with Gasteiger partial charge in [0.05, 0.1) is 19.0 Å². The molecular formula is C24H29N3O2. The SMILES string of the molecule is Cc1cccc(CC(=O)N2C[C@@H]3CN(CC(N)=O)C[C@@H]3[C@H]2c2ccccc2C)c1. The van der Waals surface area contributed by atoms with Crippen molar-refractivity contribution in [1.29, 1.82) is 0 Å². The second-order valence-corrected chi connectivity index (χ2v) is 8.60. The minimum absolute atomic E-state index is 0.0522. The molecule has 0 spiro atoms. The predicted octanol–water partition coefficient (Wildman–Crippen LogP) is 2.46. The molecule has 3 atom stereocenters. The van der Waals surface area contributed by atoms with Crippen LogP contribution in [0.3, 0.4) is 0 Å². The molecule has 0 unspecified atom stereocenters. The lowest BCUT2D eigenvalue weighted by Gasteiger charge is -2.31. The van der Waals surface area contributed by atoms with Gasteiger partial charge in [0.15, 0.2) is 0 Å². The number of amides is 2. The van der Waals surface area contributed by atoms with Crippen LogP contribution in [0.25, 0.3) is 0 Å². The van der Waals surface area contributed by atoms with Crippen molar-refractivity contribution in [1.82, 2.24) is 9.80 Å². The molecule has 0 aromatic heterocycles. The van der Waals surface area contributed by atoms with Crippen LogP contribution in [0.4, 0.5) is 0 Å². The van der Waals surface area contributed by atoms with Crippen LogP contribution in [0.2, 0.25) is 0 Å². The van der Waals surface area contributed by atoms with Crippen molar-refractivity contribution >= 4 is 11.8 Å². The van der Waals surface area contributed by atoms with E-state index in [-0.39, 0.29) is 17.9 Å². The van der Waals surface area contributed by atoms with Gasteiger partial charge in [0, 0.05) is 25.6 Å². The van der Waals surface area contributed by atoms with Gasteiger partial charge in [-0.05, 0) is 36.5 Å². The number of nitrogens with two attached hydrogens (primary N) is 1. The van der Waals surface area contributed by atoms with Gasteiger partial charge in [-0.2, -0.15) is 0 Å². The van der Waals surface area contributed by atoms with Crippen molar-refractivity contribution in [3.8, 4) is 0 Å². The number of carbonyl (C=O) groups excluding carboxylic acids is 2. The average Bonchev–Trinajstić information content (AvgIpc) is 3.19. The molecule has 2 aliphatic heterocycles. The number of rotatable bonds is 5. The van der Waals surface area contributed by atoms with Crippen molar-refractivity contribution in [2.45, 2.75) is 26.3 Å². The summed E-state index contributed by atoms with van der Waals surface area (Å²) in [6, 6.07) is 16.6. The summed E-state index contributed by atoms with van der Waals surface area (Å²) < 4.78 is 0. The third-order valence-electron chi connectivity index (χ3n) is 6.38. The zero-order valence-electron chi connectivity index (χ0n) is 17.2. The number of hydrogen-bond acceptors (Lipinski definition) is 3. The number of hydrogen-bond donors (Lipinski definition) is 1. The summed E-state index contributed by atoms with van der Waals surface area (Å²) in [4.78, 5) is 29.0. The van der Waals surface area contributed by atoms with Gasteiger partial charge in [-0.15, -0.1) is 0 Å². The summed E-state index contributed by atoms with van der Waals surface area (Å²) >= 11 is 0. The summed E-state index contributed by atoms with van der Waals surface area (Å²) in [6.45, 7) is 6.83. The Kier molecular flexibility index (Phi) is 5.41. The molecule has 2 aliphatic rings. The Morgan fingerprint density at radius 3 is 2.55 bits per heavy atom. The molecule has 2 fully saturated rings. The molecule has 2 N–H and O–H groups in total. The number of aryl methyl sites for hydroxylation is 2. The zero-order valence-corrected chi connectivity index (χ0v) is 17.2. The molecule has 0 radical (unpaired) electrons. The van der Waals surface area contributed by atoms with Gasteiger partial charge >= 0.3 is 0 Å². The molecule has 2 aromatic carbocycles. The first-order chi connectivity index (χ1) is 13.9. The van der Waals surface area contributed by atoms with E-state index in [2.05, 4.69) is 54.0 Å². The lowest BCUT2D eigenvalue weighted by molar-refractivity contribution is -0.132. The standard InChI is InChI=1S/C24H29N3O2/c1-16-6-5-8-18(10-16)11-23(29)27-13-19-12-26(15-22(25)28)14-21(19)24(27)20-9-4-3-7-17(20)2/h3-10,19,21,24H,11-15H2,1-2H3,(H2,25,28)/t19-,21-,24+/m0/s1. The van der Waals surface area contributed by atoms with Crippen molar-refractivity contribution in [2.24, 2.45) is 17.6 Å². The second-order valence-electron chi connectivity index (χ2n) is 8.60. The molecule has 5 nitrogen and oxygen atoms in total. The summed E-state index contributed by atoms with van der Waals surface area (Å²) in [5.74, 6) is 0.599. The highest BCUT2D eigenvalue weighted by molar-refractivity contribution is 5.80. The van der Waals surface area contributed by atoms with E-state index in [1.54, 1.807) is 0 Å². The molecular weight excluding hydrogens is 362 g/mol. The van der Waals surface area contributed by atoms with Crippen LogP contribution in [0.5, 0.6) is 0 Å². The van der Waals surface area contributed by atoms with Crippen molar-refractivity contribution in [3.05, 3.63) is 70.8 Å². The highest BCUT2D eigenvalue weighted by Crippen LogP contribution is 2.45. The lowest BCUT2D eigenvalue weighted by atomic mass is 9.87. The van der Waals surface area contributed by atoms with Crippen LogP contribution in [0.15, 0.2) is 48.5 Å². The van der Waals surface area contributed by atoms with Crippen LogP contribution >= 0.6 is 0 Å². The van der Waals surface area contributed by atoms with Crippen LogP contribution in [-0.2, 0) is 16.0 Å².